The molecule has 4 heteroatoms. The second-order valence-corrected chi connectivity index (χ2v) is 4.59. The summed E-state index contributed by atoms with van der Waals surface area (Å²) in [6.45, 7) is 0. The number of halogens is 1. The van der Waals surface area contributed by atoms with Crippen LogP contribution in [0.4, 0.5) is 5.69 Å². The number of anilines is 1. The zero-order chi connectivity index (χ0) is 11.5. The number of carbonyl (C=O) groups excluding carboxylic acids is 1. The van der Waals surface area contributed by atoms with E-state index >= 15 is 0 Å². The van der Waals surface area contributed by atoms with Gasteiger partial charge in [-0.1, -0.05) is 24.4 Å². The van der Waals surface area contributed by atoms with Gasteiger partial charge in [0.1, 0.15) is 0 Å². The van der Waals surface area contributed by atoms with Crippen LogP contribution in [0, 0.1) is 0 Å². The van der Waals surface area contributed by atoms with Gasteiger partial charge < -0.3 is 11.1 Å². The van der Waals surface area contributed by atoms with E-state index in [0.717, 1.165) is 5.69 Å². The highest BCUT2D eigenvalue weighted by Gasteiger charge is 2.15. The lowest BCUT2D eigenvalue weighted by Gasteiger charge is -2.14. The zero-order valence-corrected chi connectivity index (χ0v) is 9.76. The number of hydrogen-bond acceptors (Lipinski definition) is 2. The molecule has 0 heterocycles. The summed E-state index contributed by atoms with van der Waals surface area (Å²) in [6.07, 6.45) is 4.92. The quantitative estimate of drug-likeness (QED) is 0.851. The summed E-state index contributed by atoms with van der Waals surface area (Å²) in [5, 5.41) is 3.80. The van der Waals surface area contributed by atoms with Crippen molar-refractivity contribution in [3.8, 4) is 0 Å². The first kappa shape index (κ1) is 11.3. The molecule has 0 radical (unpaired) electrons. The Kier molecular flexibility index (Phi) is 3.34. The number of rotatable bonds is 3. The standard InChI is InChI=1S/C12H15ClN2O/c13-11-6-5-9(7-10(11)12(14)16)15-8-3-1-2-4-8/h5-8,15H,1-4H2,(H2,14,16). The average molecular weight is 239 g/mol. The second kappa shape index (κ2) is 4.74. The van der Waals surface area contributed by atoms with Crippen molar-refractivity contribution in [1.29, 1.82) is 0 Å². The van der Waals surface area contributed by atoms with Crippen molar-refractivity contribution in [3.63, 3.8) is 0 Å². The summed E-state index contributed by atoms with van der Waals surface area (Å²) >= 11 is 5.88. The molecule has 1 fully saturated rings. The molecule has 1 amide bonds. The number of nitrogens with one attached hydrogen (secondary N) is 1. The zero-order valence-electron chi connectivity index (χ0n) is 9.00. The largest absolute Gasteiger partial charge is 0.382 e. The van der Waals surface area contributed by atoms with E-state index in [4.69, 9.17) is 17.3 Å². The van der Waals surface area contributed by atoms with Gasteiger partial charge in [-0.25, -0.2) is 0 Å². The van der Waals surface area contributed by atoms with Crippen LogP contribution in [-0.2, 0) is 0 Å². The normalized spacial score (nSPS) is 16.3. The third kappa shape index (κ3) is 2.47. The summed E-state index contributed by atoms with van der Waals surface area (Å²) in [7, 11) is 0. The highest BCUT2D eigenvalue weighted by atomic mass is 35.5. The van der Waals surface area contributed by atoms with E-state index in [1.54, 1.807) is 12.1 Å². The molecule has 0 bridgehead atoms. The number of hydrogen-bond donors (Lipinski definition) is 2. The maximum Gasteiger partial charge on any atom is 0.250 e. The Morgan fingerprint density at radius 2 is 2.06 bits per heavy atom. The summed E-state index contributed by atoms with van der Waals surface area (Å²) in [4.78, 5) is 11.1. The Hall–Kier alpha value is -1.22. The van der Waals surface area contributed by atoms with Crippen LogP contribution in [0.3, 0.4) is 0 Å². The molecule has 2 rings (SSSR count). The van der Waals surface area contributed by atoms with Crippen LogP contribution in [0.2, 0.25) is 5.02 Å². The van der Waals surface area contributed by atoms with E-state index in [2.05, 4.69) is 5.32 Å². The molecule has 0 unspecified atom stereocenters. The fraction of sp³-hybridized carbons (Fsp3) is 0.417. The van der Waals surface area contributed by atoms with Crippen LogP contribution < -0.4 is 11.1 Å². The van der Waals surface area contributed by atoms with Gasteiger partial charge in [0.25, 0.3) is 0 Å². The van der Waals surface area contributed by atoms with Gasteiger partial charge >= 0.3 is 0 Å². The summed E-state index contributed by atoms with van der Waals surface area (Å²) < 4.78 is 0. The Morgan fingerprint density at radius 1 is 1.38 bits per heavy atom. The SMILES string of the molecule is NC(=O)c1cc(NC2CCCC2)ccc1Cl. The van der Waals surface area contributed by atoms with E-state index in [1.807, 2.05) is 6.07 Å². The van der Waals surface area contributed by atoms with Gasteiger partial charge in [-0.3, -0.25) is 4.79 Å². The molecule has 1 aromatic rings. The Labute approximate surface area is 100.0 Å². The van der Waals surface area contributed by atoms with E-state index in [9.17, 15) is 4.79 Å². The second-order valence-electron chi connectivity index (χ2n) is 4.18. The monoisotopic (exact) mass is 238 g/mol. The Balaban J connectivity index is 2.15. The van der Waals surface area contributed by atoms with Crippen molar-refractivity contribution in [2.24, 2.45) is 5.73 Å². The van der Waals surface area contributed by atoms with E-state index in [0.29, 0.717) is 16.6 Å². The number of primary amides is 1. The molecule has 86 valence electrons. The molecule has 0 spiro atoms. The molecule has 1 saturated carbocycles. The fourth-order valence-electron chi connectivity index (χ4n) is 2.11. The third-order valence-corrected chi connectivity index (χ3v) is 3.29. The van der Waals surface area contributed by atoms with Crippen LogP contribution in [0.25, 0.3) is 0 Å². The number of nitrogens with two attached hydrogens (primary N) is 1. The molecule has 1 aliphatic carbocycles. The minimum atomic E-state index is -0.486. The predicted molar refractivity (Wildman–Crippen MR) is 65.8 cm³/mol. The summed E-state index contributed by atoms with van der Waals surface area (Å²) in [5.41, 5.74) is 6.54. The van der Waals surface area contributed by atoms with Gasteiger partial charge in [0.15, 0.2) is 0 Å². The van der Waals surface area contributed by atoms with Gasteiger partial charge in [-0.15, -0.1) is 0 Å². The molecular formula is C12H15ClN2O. The van der Waals surface area contributed by atoms with Gasteiger partial charge in [0.05, 0.1) is 10.6 Å². The maximum absolute atomic E-state index is 11.1. The first-order valence-electron chi connectivity index (χ1n) is 5.52. The molecule has 0 saturated heterocycles. The summed E-state index contributed by atoms with van der Waals surface area (Å²) in [6, 6.07) is 5.83. The van der Waals surface area contributed by atoms with Crippen LogP contribution >= 0.6 is 11.6 Å². The lowest BCUT2D eigenvalue weighted by Crippen LogP contribution is -2.16. The van der Waals surface area contributed by atoms with Crippen molar-refractivity contribution in [2.75, 3.05) is 5.32 Å². The van der Waals surface area contributed by atoms with Gasteiger partial charge in [-0.05, 0) is 31.0 Å². The van der Waals surface area contributed by atoms with Gasteiger partial charge in [-0.2, -0.15) is 0 Å². The van der Waals surface area contributed by atoms with Gasteiger partial charge in [0.2, 0.25) is 5.91 Å². The molecule has 16 heavy (non-hydrogen) atoms. The first-order valence-corrected chi connectivity index (χ1v) is 5.90. The average Bonchev–Trinajstić information content (AvgIpc) is 2.73. The molecule has 0 atom stereocenters. The van der Waals surface area contributed by atoms with Crippen molar-refractivity contribution in [2.45, 2.75) is 31.7 Å². The van der Waals surface area contributed by atoms with Gasteiger partial charge in [0, 0.05) is 11.7 Å². The van der Waals surface area contributed by atoms with Crippen LogP contribution in [0.5, 0.6) is 0 Å². The summed E-state index contributed by atoms with van der Waals surface area (Å²) in [5.74, 6) is -0.486. The lowest BCUT2D eigenvalue weighted by atomic mass is 10.1. The predicted octanol–water partition coefficient (Wildman–Crippen LogP) is 2.79. The molecular weight excluding hydrogens is 224 g/mol. The molecule has 1 aliphatic rings. The lowest BCUT2D eigenvalue weighted by molar-refractivity contribution is 0.100. The first-order chi connectivity index (χ1) is 7.66. The van der Waals surface area contributed by atoms with E-state index in [1.165, 1.54) is 25.7 Å². The fourth-order valence-corrected chi connectivity index (χ4v) is 2.32. The Bertz CT molecular complexity index is 400. The van der Waals surface area contributed by atoms with Crippen LogP contribution in [0.15, 0.2) is 18.2 Å². The molecule has 3 N–H and O–H groups in total. The third-order valence-electron chi connectivity index (χ3n) is 2.96. The molecule has 1 aromatic carbocycles. The molecule has 0 aliphatic heterocycles. The number of carbonyl (C=O) groups is 1. The highest BCUT2D eigenvalue weighted by molar-refractivity contribution is 6.33. The minimum absolute atomic E-state index is 0.379. The number of benzene rings is 1. The van der Waals surface area contributed by atoms with Crippen molar-refractivity contribution < 1.29 is 4.79 Å². The van der Waals surface area contributed by atoms with Crippen molar-refractivity contribution >= 4 is 23.2 Å². The smallest absolute Gasteiger partial charge is 0.250 e. The van der Waals surface area contributed by atoms with E-state index in [-0.39, 0.29) is 0 Å². The van der Waals surface area contributed by atoms with E-state index < -0.39 is 5.91 Å². The van der Waals surface area contributed by atoms with Crippen molar-refractivity contribution in [3.05, 3.63) is 28.8 Å². The van der Waals surface area contributed by atoms with Crippen molar-refractivity contribution in [1.82, 2.24) is 0 Å². The molecule has 0 aromatic heterocycles. The highest BCUT2D eigenvalue weighted by Crippen LogP contribution is 2.25. The maximum atomic E-state index is 11.1. The molecule has 3 nitrogen and oxygen atoms in total. The van der Waals surface area contributed by atoms with Crippen LogP contribution in [0.1, 0.15) is 36.0 Å². The Morgan fingerprint density at radius 3 is 2.69 bits per heavy atom. The minimum Gasteiger partial charge on any atom is -0.382 e. The topological polar surface area (TPSA) is 55.1 Å². The van der Waals surface area contributed by atoms with Crippen LogP contribution in [-0.4, -0.2) is 11.9 Å². The number of amides is 1.